The van der Waals surface area contributed by atoms with Gasteiger partial charge >= 0.3 is 5.69 Å². The van der Waals surface area contributed by atoms with Gasteiger partial charge in [-0.3, -0.25) is 10.1 Å². The maximum absolute atomic E-state index is 10.8. The summed E-state index contributed by atoms with van der Waals surface area (Å²) >= 11 is 5.67. The summed E-state index contributed by atoms with van der Waals surface area (Å²) in [5, 5.41) is 13.9. The lowest BCUT2D eigenvalue weighted by Crippen LogP contribution is -2.08. The number of nitrogens with zero attached hydrogens (tertiary/aromatic N) is 4. The first-order valence-corrected chi connectivity index (χ1v) is 5.45. The van der Waals surface area contributed by atoms with Gasteiger partial charge in [-0.1, -0.05) is 11.6 Å². The van der Waals surface area contributed by atoms with Gasteiger partial charge in [0, 0.05) is 31.7 Å². The number of halogens is 1. The highest BCUT2D eigenvalue weighted by atomic mass is 35.5. The topological polar surface area (TPSA) is 85.9 Å². The predicted octanol–water partition coefficient (Wildman–Crippen LogP) is 1.99. The second-order valence-corrected chi connectivity index (χ2v) is 4.02. The van der Waals surface area contributed by atoms with Crippen LogP contribution in [0.25, 0.3) is 0 Å². The van der Waals surface area contributed by atoms with Gasteiger partial charge in [0.1, 0.15) is 5.82 Å². The van der Waals surface area contributed by atoms with Crippen LogP contribution in [-0.2, 0) is 13.6 Å². The Morgan fingerprint density at radius 3 is 2.94 bits per heavy atom. The number of hydrogen-bond acceptors (Lipinski definition) is 5. The van der Waals surface area contributed by atoms with Crippen molar-refractivity contribution in [2.45, 2.75) is 6.54 Å². The van der Waals surface area contributed by atoms with E-state index in [0.717, 1.165) is 5.82 Å². The third-order valence-electron chi connectivity index (χ3n) is 2.37. The Morgan fingerprint density at radius 1 is 1.56 bits per heavy atom. The van der Waals surface area contributed by atoms with Crippen molar-refractivity contribution in [1.29, 1.82) is 0 Å². The van der Waals surface area contributed by atoms with Gasteiger partial charge < -0.3 is 9.88 Å². The Balaban J connectivity index is 2.19. The van der Waals surface area contributed by atoms with E-state index in [9.17, 15) is 10.1 Å². The van der Waals surface area contributed by atoms with Crippen molar-refractivity contribution < 1.29 is 4.92 Å². The van der Waals surface area contributed by atoms with Crippen molar-refractivity contribution in [3.63, 3.8) is 0 Å². The molecule has 0 saturated heterocycles. The second-order valence-electron chi connectivity index (χ2n) is 3.59. The molecule has 7 nitrogen and oxygen atoms in total. The Kier molecular flexibility index (Phi) is 3.42. The van der Waals surface area contributed by atoms with Crippen LogP contribution in [0.1, 0.15) is 5.82 Å². The van der Waals surface area contributed by atoms with E-state index in [4.69, 9.17) is 11.6 Å². The number of aromatic nitrogens is 3. The quantitative estimate of drug-likeness (QED) is 0.676. The van der Waals surface area contributed by atoms with E-state index in [-0.39, 0.29) is 16.5 Å². The Morgan fingerprint density at radius 2 is 2.33 bits per heavy atom. The van der Waals surface area contributed by atoms with Crippen molar-refractivity contribution in [2.24, 2.45) is 7.05 Å². The minimum absolute atomic E-state index is 0.156. The molecule has 0 unspecified atom stereocenters. The van der Waals surface area contributed by atoms with Crippen LogP contribution in [0.4, 0.5) is 11.5 Å². The molecule has 0 amide bonds. The SMILES string of the molecule is Cn1ccnc1CNc1ncc(Cl)cc1[N+](=O)[O-]. The molecule has 0 aliphatic rings. The standard InChI is InChI=1S/C10H10ClN5O2/c1-15-3-2-12-9(15)6-14-10-8(16(17)18)4-7(11)5-13-10/h2-5H,6H2,1H3,(H,13,14). The second kappa shape index (κ2) is 5.01. The summed E-state index contributed by atoms with van der Waals surface area (Å²) in [6.07, 6.45) is 4.80. The number of anilines is 1. The molecule has 2 rings (SSSR count). The molecule has 2 aromatic heterocycles. The molecule has 94 valence electrons. The summed E-state index contributed by atoms with van der Waals surface area (Å²) in [6, 6.07) is 1.26. The Labute approximate surface area is 108 Å². The van der Waals surface area contributed by atoms with Crippen molar-refractivity contribution in [1.82, 2.24) is 14.5 Å². The van der Waals surface area contributed by atoms with E-state index in [0.29, 0.717) is 6.54 Å². The van der Waals surface area contributed by atoms with E-state index in [2.05, 4.69) is 15.3 Å². The van der Waals surface area contributed by atoms with Crippen molar-refractivity contribution in [3.8, 4) is 0 Å². The zero-order chi connectivity index (χ0) is 13.1. The maximum atomic E-state index is 10.8. The van der Waals surface area contributed by atoms with Gasteiger partial charge in [-0.15, -0.1) is 0 Å². The average molecular weight is 268 g/mol. The fraction of sp³-hybridized carbons (Fsp3) is 0.200. The van der Waals surface area contributed by atoms with E-state index in [1.807, 2.05) is 11.6 Å². The van der Waals surface area contributed by atoms with Crippen LogP contribution in [0.15, 0.2) is 24.7 Å². The summed E-state index contributed by atoms with van der Waals surface area (Å²) in [5.74, 6) is 0.924. The smallest absolute Gasteiger partial charge is 0.312 e. The Bertz CT molecular complexity index is 583. The van der Waals surface area contributed by atoms with Crippen molar-refractivity contribution in [3.05, 3.63) is 45.6 Å². The van der Waals surface area contributed by atoms with Gasteiger partial charge in [0.15, 0.2) is 0 Å². The minimum Gasteiger partial charge on any atom is -0.357 e. The van der Waals surface area contributed by atoms with Crippen molar-refractivity contribution >= 4 is 23.1 Å². The number of nitro groups is 1. The first kappa shape index (κ1) is 12.3. The highest BCUT2D eigenvalue weighted by Gasteiger charge is 2.16. The molecule has 0 atom stereocenters. The van der Waals surface area contributed by atoms with Gasteiger partial charge in [0.2, 0.25) is 5.82 Å². The number of rotatable bonds is 4. The summed E-state index contributed by atoms with van der Waals surface area (Å²) in [6.45, 7) is 0.346. The molecule has 0 aromatic carbocycles. The molecule has 0 radical (unpaired) electrons. The lowest BCUT2D eigenvalue weighted by Gasteiger charge is -2.06. The van der Waals surface area contributed by atoms with Crippen molar-refractivity contribution in [2.75, 3.05) is 5.32 Å². The van der Waals surface area contributed by atoms with E-state index < -0.39 is 4.92 Å². The third kappa shape index (κ3) is 2.57. The molecule has 8 heteroatoms. The number of pyridine rings is 1. The first-order chi connectivity index (χ1) is 8.58. The van der Waals surface area contributed by atoms with E-state index in [1.54, 1.807) is 12.4 Å². The summed E-state index contributed by atoms with van der Waals surface area (Å²) in [4.78, 5) is 18.3. The molecular weight excluding hydrogens is 258 g/mol. The van der Waals surface area contributed by atoms with Gasteiger partial charge in [0.25, 0.3) is 0 Å². The molecule has 0 aliphatic heterocycles. The summed E-state index contributed by atoms with van der Waals surface area (Å²) in [5.41, 5.74) is -0.156. The van der Waals surface area contributed by atoms with Gasteiger partial charge in [0.05, 0.1) is 16.5 Å². The van der Waals surface area contributed by atoms with Crippen LogP contribution in [-0.4, -0.2) is 19.5 Å². The lowest BCUT2D eigenvalue weighted by atomic mass is 10.4. The van der Waals surface area contributed by atoms with Gasteiger partial charge in [-0.25, -0.2) is 9.97 Å². The Hall–Kier alpha value is -2.15. The summed E-state index contributed by atoms with van der Waals surface area (Å²) < 4.78 is 1.81. The monoisotopic (exact) mass is 267 g/mol. The van der Waals surface area contributed by atoms with Crippen LogP contribution >= 0.6 is 11.6 Å². The molecule has 0 aliphatic carbocycles. The molecule has 2 heterocycles. The predicted molar refractivity (Wildman–Crippen MR) is 66.4 cm³/mol. The van der Waals surface area contributed by atoms with Crippen LogP contribution in [0, 0.1) is 10.1 Å². The zero-order valence-electron chi connectivity index (χ0n) is 9.50. The van der Waals surface area contributed by atoms with Gasteiger partial charge in [-0.05, 0) is 0 Å². The summed E-state index contributed by atoms with van der Waals surface area (Å²) in [7, 11) is 1.84. The highest BCUT2D eigenvalue weighted by molar-refractivity contribution is 6.30. The lowest BCUT2D eigenvalue weighted by molar-refractivity contribution is -0.384. The van der Waals surface area contributed by atoms with Crippen LogP contribution in [0.5, 0.6) is 0 Å². The molecule has 18 heavy (non-hydrogen) atoms. The minimum atomic E-state index is -0.528. The van der Waals surface area contributed by atoms with E-state index in [1.165, 1.54) is 12.3 Å². The number of aryl methyl sites for hydroxylation is 1. The fourth-order valence-corrected chi connectivity index (χ4v) is 1.59. The molecule has 0 spiro atoms. The van der Waals surface area contributed by atoms with Crippen LogP contribution < -0.4 is 5.32 Å². The fourth-order valence-electron chi connectivity index (χ4n) is 1.43. The molecule has 0 saturated carbocycles. The first-order valence-electron chi connectivity index (χ1n) is 5.08. The molecule has 1 N–H and O–H groups in total. The largest absolute Gasteiger partial charge is 0.357 e. The molecule has 0 bridgehead atoms. The third-order valence-corrected chi connectivity index (χ3v) is 2.57. The number of nitrogens with one attached hydrogen (secondary N) is 1. The van der Waals surface area contributed by atoms with E-state index >= 15 is 0 Å². The zero-order valence-corrected chi connectivity index (χ0v) is 10.3. The maximum Gasteiger partial charge on any atom is 0.312 e. The highest BCUT2D eigenvalue weighted by Crippen LogP contribution is 2.25. The molecular formula is C10H10ClN5O2. The molecule has 0 fully saturated rings. The van der Waals surface area contributed by atoms with Crippen LogP contribution in [0.3, 0.4) is 0 Å². The van der Waals surface area contributed by atoms with Gasteiger partial charge in [-0.2, -0.15) is 0 Å². The number of imidazole rings is 1. The average Bonchev–Trinajstić information content (AvgIpc) is 2.73. The number of hydrogen-bond donors (Lipinski definition) is 1. The van der Waals surface area contributed by atoms with Crippen LogP contribution in [0.2, 0.25) is 5.02 Å². The normalized spacial score (nSPS) is 10.3. The molecule has 2 aromatic rings.